The fraction of sp³-hybridized carbons (Fsp3) is 0.200. The first-order valence-corrected chi connectivity index (χ1v) is 4.32. The number of aliphatic hydroxyl groups is 1. The van der Waals surface area contributed by atoms with Crippen LogP contribution in [-0.2, 0) is 0 Å². The first-order chi connectivity index (χ1) is 7.38. The molecule has 86 valence electrons. The molecule has 0 fully saturated rings. The van der Waals surface area contributed by atoms with Gasteiger partial charge in [-0.15, -0.1) is 0 Å². The molecule has 0 unspecified atom stereocenters. The van der Waals surface area contributed by atoms with Crippen LogP contribution in [0.4, 0.5) is 17.6 Å². The smallest absolute Gasteiger partial charge is 0.421 e. The highest BCUT2D eigenvalue weighted by atomic mass is 19.4. The van der Waals surface area contributed by atoms with Crippen molar-refractivity contribution >= 4 is 11.0 Å². The van der Waals surface area contributed by atoms with Crippen molar-refractivity contribution in [3.8, 4) is 0 Å². The van der Waals surface area contributed by atoms with Crippen LogP contribution in [0.1, 0.15) is 11.9 Å². The number of furan rings is 1. The Bertz CT molecular complexity index is 515. The zero-order valence-electron chi connectivity index (χ0n) is 7.75. The summed E-state index contributed by atoms with van der Waals surface area (Å²) >= 11 is 0. The molecule has 16 heavy (non-hydrogen) atoms. The molecule has 0 bridgehead atoms. The highest BCUT2D eigenvalue weighted by Gasteiger charge is 2.41. The molecule has 0 aliphatic carbocycles. The number of hydrogen-bond donors (Lipinski definition) is 1. The maximum absolute atomic E-state index is 12.8. The Morgan fingerprint density at radius 3 is 2.50 bits per heavy atom. The molecular weight excluding hydrogens is 228 g/mol. The average Bonchev–Trinajstić information content (AvgIpc) is 2.57. The first-order valence-electron chi connectivity index (χ1n) is 4.32. The topological polar surface area (TPSA) is 33.4 Å². The summed E-state index contributed by atoms with van der Waals surface area (Å²) in [5.74, 6) is -1.23. The van der Waals surface area contributed by atoms with Gasteiger partial charge in [0.1, 0.15) is 17.2 Å². The molecule has 2 rings (SSSR count). The third-order valence-corrected chi connectivity index (χ3v) is 2.08. The van der Waals surface area contributed by atoms with Gasteiger partial charge in [0.15, 0.2) is 0 Å². The number of alkyl halides is 3. The Hall–Kier alpha value is -1.56. The van der Waals surface area contributed by atoms with Gasteiger partial charge in [0.05, 0.1) is 0 Å². The van der Waals surface area contributed by atoms with Gasteiger partial charge in [0, 0.05) is 5.39 Å². The Kier molecular flexibility index (Phi) is 2.38. The minimum Gasteiger partial charge on any atom is -0.458 e. The lowest BCUT2D eigenvalue weighted by Gasteiger charge is -2.10. The van der Waals surface area contributed by atoms with Crippen LogP contribution in [0.15, 0.2) is 28.7 Å². The van der Waals surface area contributed by atoms with Gasteiger partial charge < -0.3 is 9.52 Å². The molecule has 1 aromatic carbocycles. The van der Waals surface area contributed by atoms with Gasteiger partial charge in [-0.3, -0.25) is 0 Å². The second-order valence-electron chi connectivity index (χ2n) is 3.28. The van der Waals surface area contributed by atoms with Crippen molar-refractivity contribution in [1.29, 1.82) is 0 Å². The first kappa shape index (κ1) is 10.9. The van der Waals surface area contributed by atoms with Crippen LogP contribution in [0.25, 0.3) is 11.0 Å². The molecule has 0 aliphatic heterocycles. The van der Waals surface area contributed by atoms with E-state index in [1.807, 2.05) is 0 Å². The minimum absolute atomic E-state index is 0.0969. The highest BCUT2D eigenvalue weighted by Crippen LogP contribution is 2.35. The van der Waals surface area contributed by atoms with Crippen LogP contribution in [0.3, 0.4) is 0 Å². The molecule has 0 saturated carbocycles. The second-order valence-corrected chi connectivity index (χ2v) is 3.28. The molecule has 1 atom stereocenters. The highest BCUT2D eigenvalue weighted by molar-refractivity contribution is 5.77. The van der Waals surface area contributed by atoms with Crippen molar-refractivity contribution in [3.63, 3.8) is 0 Å². The lowest BCUT2D eigenvalue weighted by molar-refractivity contribution is -0.211. The molecule has 0 amide bonds. The van der Waals surface area contributed by atoms with E-state index in [0.29, 0.717) is 0 Å². The normalized spacial score (nSPS) is 14.3. The van der Waals surface area contributed by atoms with Crippen LogP contribution < -0.4 is 0 Å². The predicted octanol–water partition coefficient (Wildman–Crippen LogP) is 3.17. The SMILES string of the molecule is O[C@H](c1cc2cc(F)ccc2o1)C(F)(F)F. The molecule has 0 saturated heterocycles. The zero-order chi connectivity index (χ0) is 11.9. The molecular formula is C10H6F4O2. The van der Waals surface area contributed by atoms with Gasteiger partial charge in [-0.1, -0.05) is 0 Å². The third-order valence-electron chi connectivity index (χ3n) is 2.08. The minimum atomic E-state index is -4.80. The summed E-state index contributed by atoms with van der Waals surface area (Å²) in [4.78, 5) is 0. The summed E-state index contributed by atoms with van der Waals surface area (Å²) in [6, 6.07) is 4.27. The van der Waals surface area contributed by atoms with E-state index < -0.39 is 23.9 Å². The van der Waals surface area contributed by atoms with Gasteiger partial charge in [0.2, 0.25) is 6.10 Å². The van der Waals surface area contributed by atoms with E-state index in [0.717, 1.165) is 18.2 Å². The lowest BCUT2D eigenvalue weighted by Crippen LogP contribution is -2.19. The van der Waals surface area contributed by atoms with Crippen molar-refractivity contribution in [1.82, 2.24) is 0 Å². The quantitative estimate of drug-likeness (QED) is 0.769. The van der Waals surface area contributed by atoms with Crippen molar-refractivity contribution in [2.24, 2.45) is 0 Å². The van der Waals surface area contributed by atoms with Gasteiger partial charge in [0.25, 0.3) is 0 Å². The standard InChI is InChI=1S/C10H6F4O2/c11-6-1-2-7-5(3-6)4-8(16-7)9(15)10(12,13)14/h1-4,9,15H/t9-/m1/s1. The summed E-state index contributed by atoms with van der Waals surface area (Å²) in [6.45, 7) is 0. The number of fused-ring (bicyclic) bond motifs is 1. The van der Waals surface area contributed by atoms with Crippen LogP contribution >= 0.6 is 0 Å². The Morgan fingerprint density at radius 2 is 1.88 bits per heavy atom. The Balaban J connectivity index is 2.47. The van der Waals surface area contributed by atoms with Crippen LogP contribution in [0.5, 0.6) is 0 Å². The van der Waals surface area contributed by atoms with Crippen molar-refractivity contribution < 1.29 is 27.1 Å². The van der Waals surface area contributed by atoms with E-state index in [4.69, 9.17) is 9.52 Å². The number of halogens is 4. The van der Waals surface area contributed by atoms with Gasteiger partial charge in [-0.2, -0.15) is 13.2 Å². The molecule has 2 aromatic rings. The van der Waals surface area contributed by atoms with Crippen molar-refractivity contribution in [2.45, 2.75) is 12.3 Å². The van der Waals surface area contributed by atoms with E-state index in [9.17, 15) is 17.6 Å². The number of benzene rings is 1. The number of rotatable bonds is 1. The molecule has 1 aromatic heterocycles. The molecule has 2 nitrogen and oxygen atoms in total. The molecule has 0 spiro atoms. The Labute approximate surface area is 87.1 Å². The third kappa shape index (κ3) is 1.88. The number of aliphatic hydroxyl groups excluding tert-OH is 1. The summed E-state index contributed by atoms with van der Waals surface area (Å²) in [7, 11) is 0. The summed E-state index contributed by atoms with van der Waals surface area (Å²) in [5.41, 5.74) is 0.0969. The van der Waals surface area contributed by atoms with E-state index >= 15 is 0 Å². The average molecular weight is 234 g/mol. The molecule has 6 heteroatoms. The largest absolute Gasteiger partial charge is 0.458 e. The summed E-state index contributed by atoms with van der Waals surface area (Å²) in [5, 5.41) is 9.09. The lowest BCUT2D eigenvalue weighted by atomic mass is 10.2. The zero-order valence-corrected chi connectivity index (χ0v) is 7.75. The van der Waals surface area contributed by atoms with Crippen LogP contribution in [0, 0.1) is 5.82 Å². The van der Waals surface area contributed by atoms with E-state index in [2.05, 4.69) is 0 Å². The van der Waals surface area contributed by atoms with Crippen molar-refractivity contribution in [2.75, 3.05) is 0 Å². The van der Waals surface area contributed by atoms with Crippen molar-refractivity contribution in [3.05, 3.63) is 35.8 Å². The van der Waals surface area contributed by atoms with E-state index in [1.165, 1.54) is 6.07 Å². The van der Waals surface area contributed by atoms with E-state index in [-0.39, 0.29) is 11.0 Å². The maximum Gasteiger partial charge on any atom is 0.421 e. The van der Waals surface area contributed by atoms with Gasteiger partial charge >= 0.3 is 6.18 Å². The molecule has 1 N–H and O–H groups in total. The fourth-order valence-corrected chi connectivity index (χ4v) is 1.33. The van der Waals surface area contributed by atoms with Crippen LogP contribution in [0.2, 0.25) is 0 Å². The van der Waals surface area contributed by atoms with E-state index in [1.54, 1.807) is 0 Å². The molecule has 0 radical (unpaired) electrons. The monoisotopic (exact) mass is 234 g/mol. The molecule has 0 aliphatic rings. The maximum atomic E-state index is 12.8. The Morgan fingerprint density at radius 1 is 1.19 bits per heavy atom. The predicted molar refractivity (Wildman–Crippen MR) is 47.2 cm³/mol. The fourth-order valence-electron chi connectivity index (χ4n) is 1.33. The number of hydrogen-bond acceptors (Lipinski definition) is 2. The second kappa shape index (κ2) is 3.48. The van der Waals surface area contributed by atoms with Crippen LogP contribution in [-0.4, -0.2) is 11.3 Å². The van der Waals surface area contributed by atoms with Gasteiger partial charge in [-0.25, -0.2) is 4.39 Å². The molecule has 1 heterocycles. The summed E-state index contributed by atoms with van der Waals surface area (Å²) in [6.07, 6.45) is -7.49. The summed E-state index contributed by atoms with van der Waals surface area (Å²) < 4.78 is 54.0. The van der Waals surface area contributed by atoms with Gasteiger partial charge in [-0.05, 0) is 24.3 Å².